The lowest BCUT2D eigenvalue weighted by Crippen LogP contribution is -2.51. The summed E-state index contributed by atoms with van der Waals surface area (Å²) in [5, 5.41) is 12.1. The lowest BCUT2D eigenvalue weighted by Gasteiger charge is -2.23. The van der Waals surface area contributed by atoms with E-state index >= 15 is 0 Å². The average Bonchev–Trinajstić information content (AvgIpc) is 3.16. The van der Waals surface area contributed by atoms with Gasteiger partial charge in [-0.3, -0.25) is 14.4 Å². The number of morpholine rings is 1. The minimum atomic E-state index is -0.732. The Morgan fingerprint density at radius 2 is 1.97 bits per heavy atom. The van der Waals surface area contributed by atoms with Gasteiger partial charge >= 0.3 is 0 Å². The third-order valence-corrected chi connectivity index (χ3v) is 5.60. The monoisotopic (exact) mass is 432 g/mol. The summed E-state index contributed by atoms with van der Waals surface area (Å²) in [6.45, 7) is 0.894. The molecular formula is C20H25FN6O4. The van der Waals surface area contributed by atoms with Crippen LogP contribution in [0.5, 0.6) is 0 Å². The molecule has 0 aromatic carbocycles. The molecule has 4 rings (SSSR count). The molecule has 2 aromatic rings. The zero-order valence-corrected chi connectivity index (χ0v) is 17.0. The molecule has 3 N–H and O–H groups in total. The average molecular weight is 432 g/mol. The highest BCUT2D eigenvalue weighted by Crippen LogP contribution is 2.23. The number of carbonyl (C=O) groups excluding carboxylic acids is 3. The van der Waals surface area contributed by atoms with Gasteiger partial charge in [0.05, 0.1) is 18.8 Å². The lowest BCUT2D eigenvalue weighted by molar-refractivity contribution is -0.131. The summed E-state index contributed by atoms with van der Waals surface area (Å²) in [4.78, 5) is 40.8. The highest BCUT2D eigenvalue weighted by molar-refractivity contribution is 5.98. The Hall–Kier alpha value is -3.08. The molecule has 1 unspecified atom stereocenters. The van der Waals surface area contributed by atoms with Crippen molar-refractivity contribution in [1.29, 1.82) is 0 Å². The number of hydrogen-bond donors (Lipinski definition) is 3. The number of aromatic nitrogens is 3. The second-order valence-corrected chi connectivity index (χ2v) is 7.96. The van der Waals surface area contributed by atoms with E-state index in [9.17, 15) is 18.8 Å². The van der Waals surface area contributed by atoms with Gasteiger partial charge < -0.3 is 20.7 Å². The summed E-state index contributed by atoms with van der Waals surface area (Å²) >= 11 is 0. The quantitative estimate of drug-likeness (QED) is 0.607. The first-order chi connectivity index (χ1) is 15.0. The van der Waals surface area contributed by atoms with Crippen LogP contribution in [0.1, 0.15) is 53.1 Å². The van der Waals surface area contributed by atoms with Crippen LogP contribution in [0.15, 0.2) is 12.3 Å². The minimum Gasteiger partial charge on any atom is -0.369 e. The Balaban J connectivity index is 1.48. The fourth-order valence-corrected chi connectivity index (χ4v) is 3.95. The fourth-order valence-electron chi connectivity index (χ4n) is 3.95. The molecule has 0 bridgehead atoms. The molecule has 1 aliphatic heterocycles. The van der Waals surface area contributed by atoms with Crippen LogP contribution < -0.4 is 16.0 Å². The standard InChI is InChI=1S/C20H25FN6O4/c21-14-9-24-27-16(20(30)22-7-12-4-2-1-3-5-12)6-15(26-18(14)27)19(29)23-8-13-10-31-11-17(28)25-13/h6,9,12-13H,1-5,7-8,10-11H2,(H,22,30)(H,23,29)(H,25,28). The predicted molar refractivity (Wildman–Crippen MR) is 107 cm³/mol. The molecule has 10 nitrogen and oxygen atoms in total. The SMILES string of the molecule is O=C1COCC(CNC(=O)c2cc(C(=O)NCC3CCCCC3)n3ncc(F)c3n2)N1. The summed E-state index contributed by atoms with van der Waals surface area (Å²) in [7, 11) is 0. The summed E-state index contributed by atoms with van der Waals surface area (Å²) in [6, 6.07) is 0.917. The molecule has 0 radical (unpaired) electrons. The van der Waals surface area contributed by atoms with Crippen LogP contribution in [0.2, 0.25) is 0 Å². The Labute approximate surface area is 177 Å². The molecule has 2 fully saturated rings. The molecule has 1 saturated heterocycles. The molecule has 1 saturated carbocycles. The molecular weight excluding hydrogens is 407 g/mol. The van der Waals surface area contributed by atoms with Crippen molar-refractivity contribution in [3.8, 4) is 0 Å². The molecule has 3 heterocycles. The Kier molecular flexibility index (Phi) is 6.40. The van der Waals surface area contributed by atoms with Gasteiger partial charge in [0, 0.05) is 19.2 Å². The van der Waals surface area contributed by atoms with Crippen LogP contribution in [-0.4, -0.2) is 64.7 Å². The number of halogens is 1. The van der Waals surface area contributed by atoms with Gasteiger partial charge in [-0.15, -0.1) is 0 Å². The molecule has 11 heteroatoms. The zero-order valence-electron chi connectivity index (χ0n) is 17.0. The maximum Gasteiger partial charge on any atom is 0.270 e. The maximum atomic E-state index is 14.2. The van der Waals surface area contributed by atoms with Crippen LogP contribution in [0.3, 0.4) is 0 Å². The van der Waals surface area contributed by atoms with Crippen LogP contribution in [0.25, 0.3) is 5.65 Å². The zero-order chi connectivity index (χ0) is 21.8. The number of fused-ring (bicyclic) bond motifs is 1. The fraction of sp³-hybridized carbons (Fsp3) is 0.550. The van der Waals surface area contributed by atoms with E-state index < -0.39 is 17.6 Å². The van der Waals surface area contributed by atoms with Crippen LogP contribution in [0, 0.1) is 11.7 Å². The van der Waals surface area contributed by atoms with Crippen molar-refractivity contribution < 1.29 is 23.5 Å². The van der Waals surface area contributed by atoms with E-state index in [2.05, 4.69) is 26.0 Å². The van der Waals surface area contributed by atoms with Crippen LogP contribution in [-0.2, 0) is 9.53 Å². The van der Waals surface area contributed by atoms with Crippen molar-refractivity contribution >= 4 is 23.4 Å². The van der Waals surface area contributed by atoms with E-state index in [1.54, 1.807) is 0 Å². The lowest BCUT2D eigenvalue weighted by atomic mass is 9.89. The highest BCUT2D eigenvalue weighted by atomic mass is 19.1. The molecule has 0 spiro atoms. The number of rotatable bonds is 6. The van der Waals surface area contributed by atoms with Crippen molar-refractivity contribution in [3.63, 3.8) is 0 Å². The molecule has 1 atom stereocenters. The molecule has 2 aliphatic rings. The first kappa shape index (κ1) is 21.2. The molecule has 1 aliphatic carbocycles. The summed E-state index contributed by atoms with van der Waals surface area (Å²) in [6.07, 6.45) is 6.62. The van der Waals surface area contributed by atoms with Crippen molar-refractivity contribution in [2.75, 3.05) is 26.3 Å². The summed E-state index contributed by atoms with van der Waals surface area (Å²) < 4.78 is 20.4. The number of nitrogens with one attached hydrogen (secondary N) is 3. The first-order valence-electron chi connectivity index (χ1n) is 10.5. The summed E-state index contributed by atoms with van der Waals surface area (Å²) in [5.74, 6) is -1.61. The topological polar surface area (TPSA) is 127 Å². The maximum absolute atomic E-state index is 14.2. The third kappa shape index (κ3) is 4.98. The van der Waals surface area contributed by atoms with Crippen LogP contribution >= 0.6 is 0 Å². The minimum absolute atomic E-state index is 0.0114. The van der Waals surface area contributed by atoms with Crippen molar-refractivity contribution in [1.82, 2.24) is 30.5 Å². The smallest absolute Gasteiger partial charge is 0.270 e. The van der Waals surface area contributed by atoms with Gasteiger partial charge in [-0.05, 0) is 18.8 Å². The van der Waals surface area contributed by atoms with E-state index in [1.165, 1.54) is 12.5 Å². The molecule has 3 amide bonds. The van der Waals surface area contributed by atoms with E-state index in [0.29, 0.717) is 12.5 Å². The van der Waals surface area contributed by atoms with Gasteiger partial charge in [-0.25, -0.2) is 13.9 Å². The largest absolute Gasteiger partial charge is 0.369 e. The first-order valence-corrected chi connectivity index (χ1v) is 10.5. The number of carbonyl (C=O) groups is 3. The van der Waals surface area contributed by atoms with Crippen molar-refractivity contribution in [3.05, 3.63) is 29.5 Å². The van der Waals surface area contributed by atoms with E-state index in [-0.39, 0.29) is 48.7 Å². The van der Waals surface area contributed by atoms with E-state index in [0.717, 1.165) is 36.4 Å². The van der Waals surface area contributed by atoms with Crippen LogP contribution in [0.4, 0.5) is 4.39 Å². The normalized spacial score (nSPS) is 19.8. The molecule has 2 aromatic heterocycles. The number of ether oxygens (including phenoxy) is 1. The van der Waals surface area contributed by atoms with Gasteiger partial charge in [0.15, 0.2) is 11.5 Å². The van der Waals surface area contributed by atoms with Gasteiger partial charge in [-0.2, -0.15) is 5.10 Å². The van der Waals surface area contributed by atoms with Gasteiger partial charge in [-0.1, -0.05) is 19.3 Å². The Morgan fingerprint density at radius 1 is 1.19 bits per heavy atom. The van der Waals surface area contributed by atoms with Crippen molar-refractivity contribution in [2.24, 2.45) is 5.92 Å². The Bertz CT molecular complexity index is 987. The second-order valence-electron chi connectivity index (χ2n) is 7.96. The van der Waals surface area contributed by atoms with Gasteiger partial charge in [0.2, 0.25) is 5.91 Å². The summed E-state index contributed by atoms with van der Waals surface area (Å²) in [5.41, 5.74) is -0.285. The predicted octanol–water partition coefficient (Wildman–Crippen LogP) is 0.423. The van der Waals surface area contributed by atoms with Crippen molar-refractivity contribution in [2.45, 2.75) is 38.1 Å². The van der Waals surface area contributed by atoms with Gasteiger partial charge in [0.1, 0.15) is 18.0 Å². The van der Waals surface area contributed by atoms with E-state index in [1.807, 2.05) is 0 Å². The molecule has 166 valence electrons. The van der Waals surface area contributed by atoms with E-state index in [4.69, 9.17) is 4.74 Å². The second kappa shape index (κ2) is 9.38. The highest BCUT2D eigenvalue weighted by Gasteiger charge is 2.23. The molecule has 31 heavy (non-hydrogen) atoms. The number of nitrogens with zero attached hydrogens (tertiary/aromatic N) is 3. The Morgan fingerprint density at radius 3 is 2.74 bits per heavy atom. The number of hydrogen-bond acceptors (Lipinski definition) is 6. The number of amides is 3. The van der Waals surface area contributed by atoms with Gasteiger partial charge in [0.25, 0.3) is 11.8 Å². The third-order valence-electron chi connectivity index (χ3n) is 5.60.